The Balaban J connectivity index is 1.47. The van der Waals surface area contributed by atoms with Gasteiger partial charge in [-0.15, -0.1) is 0 Å². The van der Waals surface area contributed by atoms with Gasteiger partial charge in [0.15, 0.2) is 0 Å². The van der Waals surface area contributed by atoms with Crippen LogP contribution in [0.1, 0.15) is 28.4 Å². The molecule has 2 aromatic heterocycles. The molecule has 0 spiro atoms. The van der Waals surface area contributed by atoms with Crippen molar-refractivity contribution in [1.29, 1.82) is 0 Å². The maximum atomic E-state index is 13.3. The number of pyridine rings is 1. The van der Waals surface area contributed by atoms with Gasteiger partial charge in [-0.1, -0.05) is 76.1 Å². The number of benzene rings is 3. The first-order valence-corrected chi connectivity index (χ1v) is 12.5. The van der Waals surface area contributed by atoms with Crippen molar-refractivity contribution in [3.8, 4) is 11.1 Å². The summed E-state index contributed by atoms with van der Waals surface area (Å²) in [5.74, 6) is -0.0271. The van der Waals surface area contributed by atoms with Crippen molar-refractivity contribution in [2.45, 2.75) is 25.8 Å². The van der Waals surface area contributed by atoms with E-state index in [9.17, 15) is 4.79 Å². The maximum absolute atomic E-state index is 13.3. The molecule has 0 fully saturated rings. The van der Waals surface area contributed by atoms with Gasteiger partial charge in [0.25, 0.3) is 0 Å². The van der Waals surface area contributed by atoms with Crippen LogP contribution in [0.5, 0.6) is 0 Å². The Labute approximate surface area is 213 Å². The number of aromatic amines is 1. The van der Waals surface area contributed by atoms with E-state index in [1.54, 1.807) is 6.20 Å². The zero-order valence-electron chi connectivity index (χ0n) is 19.5. The van der Waals surface area contributed by atoms with E-state index < -0.39 is 0 Å². The third kappa shape index (κ3) is 5.36. The highest BCUT2D eigenvalue weighted by Crippen LogP contribution is 2.30. The number of aryl methyl sites for hydroxylation is 1. The summed E-state index contributed by atoms with van der Waals surface area (Å²) in [4.78, 5) is 21.4. The van der Waals surface area contributed by atoms with E-state index in [-0.39, 0.29) is 11.9 Å². The summed E-state index contributed by atoms with van der Waals surface area (Å²) < 4.78 is 1.02. The number of H-pyrrole nitrogens is 1. The van der Waals surface area contributed by atoms with Gasteiger partial charge in [0.2, 0.25) is 5.91 Å². The second kappa shape index (κ2) is 10.3. The lowest BCUT2D eigenvalue weighted by atomic mass is 9.95. The lowest BCUT2D eigenvalue weighted by Crippen LogP contribution is -2.32. The zero-order chi connectivity index (χ0) is 24.2. The van der Waals surface area contributed by atoms with Crippen molar-refractivity contribution in [2.75, 3.05) is 0 Å². The topological polar surface area (TPSA) is 57.8 Å². The fourth-order valence-corrected chi connectivity index (χ4v) is 4.76. The number of hydrogen-bond acceptors (Lipinski definition) is 2. The van der Waals surface area contributed by atoms with Crippen LogP contribution in [-0.2, 0) is 17.6 Å². The Kier molecular flexibility index (Phi) is 6.77. The monoisotopic (exact) mass is 523 g/mol. The number of amides is 1. The number of carbonyl (C=O) groups is 1. The van der Waals surface area contributed by atoms with Crippen LogP contribution in [0.25, 0.3) is 22.0 Å². The van der Waals surface area contributed by atoms with Crippen molar-refractivity contribution in [2.24, 2.45) is 0 Å². The molecule has 5 rings (SSSR count). The highest BCUT2D eigenvalue weighted by molar-refractivity contribution is 9.10. The quantitative estimate of drug-likeness (QED) is 0.242. The molecule has 1 atom stereocenters. The van der Waals surface area contributed by atoms with E-state index in [0.717, 1.165) is 43.3 Å². The fourth-order valence-electron chi connectivity index (χ4n) is 4.49. The third-order valence-corrected chi connectivity index (χ3v) is 6.74. The second-order valence-electron chi connectivity index (χ2n) is 8.79. The maximum Gasteiger partial charge on any atom is 0.225 e. The summed E-state index contributed by atoms with van der Waals surface area (Å²) in [6.45, 7) is 2.07. The summed E-state index contributed by atoms with van der Waals surface area (Å²) in [6, 6.07) is 28.4. The lowest BCUT2D eigenvalue weighted by Gasteiger charge is -2.21. The summed E-state index contributed by atoms with van der Waals surface area (Å²) in [7, 11) is 0. The van der Waals surface area contributed by atoms with E-state index in [1.807, 2.05) is 42.6 Å². The molecule has 0 aliphatic rings. The minimum absolute atomic E-state index is 0.0271. The van der Waals surface area contributed by atoms with Crippen molar-refractivity contribution < 1.29 is 4.79 Å². The van der Waals surface area contributed by atoms with Crippen LogP contribution in [-0.4, -0.2) is 15.9 Å². The minimum Gasteiger partial charge on any atom is -0.361 e. The Morgan fingerprint density at radius 1 is 1.00 bits per heavy atom. The Hall–Kier alpha value is -3.70. The largest absolute Gasteiger partial charge is 0.361 e. The molecule has 35 heavy (non-hydrogen) atoms. The number of fused-ring (bicyclic) bond motifs is 1. The van der Waals surface area contributed by atoms with E-state index in [1.165, 1.54) is 5.56 Å². The van der Waals surface area contributed by atoms with Crippen LogP contribution in [0.3, 0.4) is 0 Å². The molecule has 5 aromatic rings. The van der Waals surface area contributed by atoms with Crippen LogP contribution in [0.15, 0.2) is 102 Å². The molecule has 0 saturated heterocycles. The van der Waals surface area contributed by atoms with Crippen LogP contribution >= 0.6 is 15.9 Å². The first-order chi connectivity index (χ1) is 17.1. The van der Waals surface area contributed by atoms with Crippen LogP contribution in [0, 0.1) is 6.92 Å². The van der Waals surface area contributed by atoms with Gasteiger partial charge in [-0.2, -0.15) is 0 Å². The Morgan fingerprint density at radius 3 is 2.60 bits per heavy atom. The number of carbonyl (C=O) groups excluding carboxylic acids is 1. The first-order valence-electron chi connectivity index (χ1n) is 11.7. The molecule has 3 aromatic carbocycles. The zero-order valence-corrected chi connectivity index (χ0v) is 21.0. The van der Waals surface area contributed by atoms with E-state index >= 15 is 0 Å². The van der Waals surface area contributed by atoms with Crippen molar-refractivity contribution in [1.82, 2.24) is 15.3 Å². The lowest BCUT2D eigenvalue weighted by molar-refractivity contribution is -0.121. The number of nitrogens with one attached hydrogen (secondary N) is 2. The predicted octanol–water partition coefficient (Wildman–Crippen LogP) is 6.94. The molecule has 174 valence electrons. The third-order valence-electron chi connectivity index (χ3n) is 6.22. The van der Waals surface area contributed by atoms with E-state index in [0.29, 0.717) is 12.8 Å². The summed E-state index contributed by atoms with van der Waals surface area (Å²) in [5.41, 5.74) is 7.30. The summed E-state index contributed by atoms with van der Waals surface area (Å²) in [6.07, 6.45) is 4.68. The Morgan fingerprint density at radius 2 is 1.80 bits per heavy atom. The highest BCUT2D eigenvalue weighted by atomic mass is 79.9. The highest BCUT2D eigenvalue weighted by Gasteiger charge is 2.21. The van der Waals surface area contributed by atoms with Gasteiger partial charge in [0.1, 0.15) is 0 Å². The number of nitrogens with zero attached hydrogens (tertiary/aromatic N) is 1. The molecule has 0 unspecified atom stereocenters. The second-order valence-corrected chi connectivity index (χ2v) is 9.71. The van der Waals surface area contributed by atoms with Crippen LogP contribution < -0.4 is 5.32 Å². The fraction of sp³-hybridized carbons (Fsp3) is 0.133. The Bertz CT molecular complexity index is 1460. The molecule has 2 N–H and O–H groups in total. The molecule has 1 amide bonds. The molecule has 2 heterocycles. The summed E-state index contributed by atoms with van der Waals surface area (Å²) in [5, 5.41) is 4.39. The van der Waals surface area contributed by atoms with Crippen LogP contribution in [0.2, 0.25) is 0 Å². The van der Waals surface area contributed by atoms with E-state index in [2.05, 4.69) is 81.7 Å². The van der Waals surface area contributed by atoms with E-state index in [4.69, 9.17) is 4.98 Å². The van der Waals surface area contributed by atoms with Gasteiger partial charge in [-0.05, 0) is 60.4 Å². The molecular weight excluding hydrogens is 498 g/mol. The SMILES string of the molecule is Cc1ccc2[nH]cc(CC(=O)N[C@@H](Cc3ccccc3)c3ncccc3-c3ccc(Br)cc3)c2c1. The molecule has 4 nitrogen and oxygen atoms in total. The summed E-state index contributed by atoms with van der Waals surface area (Å²) >= 11 is 3.52. The van der Waals surface area contributed by atoms with Crippen molar-refractivity contribution in [3.05, 3.63) is 124 Å². The van der Waals surface area contributed by atoms with Gasteiger partial charge in [-0.3, -0.25) is 9.78 Å². The molecule has 0 aliphatic carbocycles. The number of aromatic nitrogens is 2. The molecule has 5 heteroatoms. The first kappa shape index (κ1) is 23.1. The smallest absolute Gasteiger partial charge is 0.225 e. The normalized spacial score (nSPS) is 11.9. The molecule has 0 bridgehead atoms. The number of hydrogen-bond donors (Lipinski definition) is 2. The number of rotatable bonds is 7. The number of halogens is 1. The standard InChI is InChI=1S/C30H26BrN3O/c1-20-9-14-27-26(16-20)23(19-33-27)18-29(35)34-28(17-21-6-3-2-4-7-21)30-25(8-5-15-32-30)22-10-12-24(31)13-11-22/h2-16,19,28,33H,17-18H2,1H3,(H,34,35)/t28-/m0/s1. The molecule has 0 saturated carbocycles. The molecule has 0 aliphatic heterocycles. The van der Waals surface area contributed by atoms with Gasteiger partial charge in [0.05, 0.1) is 18.2 Å². The van der Waals surface area contributed by atoms with Gasteiger partial charge in [-0.25, -0.2) is 0 Å². The molecular formula is C30H26BrN3O. The minimum atomic E-state index is -0.267. The van der Waals surface area contributed by atoms with Crippen LogP contribution in [0.4, 0.5) is 0 Å². The molecule has 0 radical (unpaired) electrons. The average molecular weight is 524 g/mol. The van der Waals surface area contributed by atoms with Crippen molar-refractivity contribution in [3.63, 3.8) is 0 Å². The predicted molar refractivity (Wildman–Crippen MR) is 145 cm³/mol. The van der Waals surface area contributed by atoms with Crippen molar-refractivity contribution >= 4 is 32.7 Å². The average Bonchev–Trinajstić information content (AvgIpc) is 3.26. The van der Waals surface area contributed by atoms with Gasteiger partial charge < -0.3 is 10.3 Å². The van der Waals surface area contributed by atoms with Gasteiger partial charge >= 0.3 is 0 Å². The van der Waals surface area contributed by atoms with Gasteiger partial charge in [0, 0.05) is 33.3 Å².